The summed E-state index contributed by atoms with van der Waals surface area (Å²) in [6.07, 6.45) is 2.63. The average molecular weight is 339 g/mol. The first-order valence-corrected chi connectivity index (χ1v) is 7.40. The van der Waals surface area contributed by atoms with E-state index in [9.17, 15) is 0 Å². The molecule has 0 fully saturated rings. The first-order valence-electron chi connectivity index (χ1n) is 5.16. The lowest BCUT2D eigenvalue weighted by Crippen LogP contribution is -2.15. The third-order valence-electron chi connectivity index (χ3n) is 2.14. The van der Waals surface area contributed by atoms with Crippen molar-refractivity contribution in [2.24, 2.45) is 11.8 Å². The van der Waals surface area contributed by atoms with Crippen LogP contribution in [-0.2, 0) is 13.0 Å². The Labute approximate surface area is 108 Å². The molecule has 1 aromatic heterocycles. The fraction of sp³-hybridized carbons (Fsp3) is 0.800. The van der Waals surface area contributed by atoms with Crippen LogP contribution in [-0.4, -0.2) is 25.4 Å². The van der Waals surface area contributed by atoms with Crippen LogP contribution in [0.3, 0.4) is 0 Å². The van der Waals surface area contributed by atoms with E-state index in [4.69, 9.17) is 0 Å². The second-order valence-corrected chi connectivity index (χ2v) is 5.43. The predicted molar refractivity (Wildman–Crippen MR) is 69.6 cm³/mol. The van der Waals surface area contributed by atoms with Crippen LogP contribution in [0, 0.1) is 11.8 Å². The summed E-state index contributed by atoms with van der Waals surface area (Å²) in [6, 6.07) is 0. The van der Waals surface area contributed by atoms with Crippen molar-refractivity contribution in [3.05, 3.63) is 12.2 Å². The van der Waals surface area contributed by atoms with Gasteiger partial charge in [-0.1, -0.05) is 45.7 Å². The highest BCUT2D eigenvalue weighted by Crippen LogP contribution is 2.12. The van der Waals surface area contributed by atoms with E-state index in [1.165, 1.54) is 0 Å². The van der Waals surface area contributed by atoms with Gasteiger partial charge in [-0.3, -0.25) is 0 Å². The van der Waals surface area contributed by atoms with Gasteiger partial charge in [0.1, 0.15) is 12.2 Å². The molecule has 0 unspecified atom stereocenters. The van der Waals surface area contributed by atoms with E-state index in [-0.39, 0.29) is 0 Å². The lowest BCUT2D eigenvalue weighted by atomic mass is 10.1. The molecule has 15 heavy (non-hydrogen) atoms. The van der Waals surface area contributed by atoms with Gasteiger partial charge in [0.25, 0.3) is 0 Å². The van der Waals surface area contributed by atoms with Crippen molar-refractivity contribution < 1.29 is 0 Å². The second-order valence-electron chi connectivity index (χ2n) is 4.13. The monoisotopic (exact) mass is 337 g/mol. The summed E-state index contributed by atoms with van der Waals surface area (Å²) >= 11 is 7.02. The molecule has 0 aliphatic carbocycles. The van der Waals surface area contributed by atoms with Gasteiger partial charge in [0.15, 0.2) is 0 Å². The lowest BCUT2D eigenvalue weighted by Gasteiger charge is -2.12. The van der Waals surface area contributed by atoms with E-state index in [0.717, 1.165) is 29.5 Å². The van der Waals surface area contributed by atoms with Crippen molar-refractivity contribution in [2.45, 2.75) is 26.8 Å². The van der Waals surface area contributed by atoms with Gasteiger partial charge in [-0.2, -0.15) is 5.10 Å². The molecule has 0 radical (unpaired) electrons. The van der Waals surface area contributed by atoms with Gasteiger partial charge in [-0.15, -0.1) is 0 Å². The van der Waals surface area contributed by atoms with Crippen LogP contribution in [0.2, 0.25) is 0 Å². The smallest absolute Gasteiger partial charge is 0.138 e. The Kier molecular flexibility index (Phi) is 5.82. The number of nitrogens with zero attached hydrogens (tertiary/aromatic N) is 3. The Balaban J connectivity index is 2.63. The molecule has 0 aliphatic rings. The number of hydrogen-bond acceptors (Lipinski definition) is 2. The summed E-state index contributed by atoms with van der Waals surface area (Å²) < 4.78 is 2.02. The molecule has 1 rings (SSSR count). The standard InChI is InChI=1S/C10H17Br2N3/c1-8(2)6-15-10(13-7-14-15)3-9(4-11)5-12/h7-9H,3-6H2,1-2H3. The maximum absolute atomic E-state index is 4.32. The summed E-state index contributed by atoms with van der Waals surface area (Å²) in [6.45, 7) is 5.34. The van der Waals surface area contributed by atoms with Crippen molar-refractivity contribution >= 4 is 31.9 Å². The lowest BCUT2D eigenvalue weighted by molar-refractivity contribution is 0.456. The molecule has 0 aliphatic heterocycles. The molecule has 0 aromatic carbocycles. The minimum Gasteiger partial charge on any atom is -0.250 e. The van der Waals surface area contributed by atoms with E-state index in [1.807, 2.05) is 4.68 Å². The number of hydrogen-bond donors (Lipinski definition) is 0. The quantitative estimate of drug-likeness (QED) is 0.747. The van der Waals surface area contributed by atoms with E-state index >= 15 is 0 Å². The summed E-state index contributed by atoms with van der Waals surface area (Å²) in [4.78, 5) is 4.32. The maximum atomic E-state index is 4.32. The highest BCUT2D eigenvalue weighted by molar-refractivity contribution is 9.09. The fourth-order valence-corrected chi connectivity index (χ4v) is 2.88. The normalized spacial score (nSPS) is 11.6. The molecule has 86 valence electrons. The van der Waals surface area contributed by atoms with Gasteiger partial charge in [0.2, 0.25) is 0 Å². The first-order chi connectivity index (χ1) is 7.17. The number of alkyl halides is 2. The van der Waals surface area contributed by atoms with Crippen molar-refractivity contribution in [3.8, 4) is 0 Å². The molecule has 3 nitrogen and oxygen atoms in total. The molecular formula is C10H17Br2N3. The summed E-state index contributed by atoms with van der Waals surface area (Å²) in [5.41, 5.74) is 0. The van der Waals surface area contributed by atoms with Crippen LogP contribution in [0.25, 0.3) is 0 Å². The largest absolute Gasteiger partial charge is 0.250 e. The predicted octanol–water partition coefficient (Wildman–Crippen LogP) is 2.88. The van der Waals surface area contributed by atoms with Gasteiger partial charge in [-0.25, -0.2) is 9.67 Å². The van der Waals surface area contributed by atoms with E-state index in [1.54, 1.807) is 6.33 Å². The minimum absolute atomic E-state index is 0.583. The van der Waals surface area contributed by atoms with Crippen LogP contribution in [0.1, 0.15) is 19.7 Å². The summed E-state index contributed by atoms with van der Waals surface area (Å²) in [5.74, 6) is 2.28. The Hall–Kier alpha value is 0.100. The Bertz CT molecular complexity index is 282. The van der Waals surface area contributed by atoms with Crippen LogP contribution in [0.4, 0.5) is 0 Å². The second kappa shape index (κ2) is 6.63. The van der Waals surface area contributed by atoms with E-state index in [0.29, 0.717) is 11.8 Å². The number of rotatable bonds is 6. The average Bonchev–Trinajstić information content (AvgIpc) is 2.61. The maximum Gasteiger partial charge on any atom is 0.138 e. The van der Waals surface area contributed by atoms with Gasteiger partial charge >= 0.3 is 0 Å². The van der Waals surface area contributed by atoms with Crippen LogP contribution in [0.15, 0.2) is 6.33 Å². The van der Waals surface area contributed by atoms with Crippen LogP contribution < -0.4 is 0 Å². The number of aromatic nitrogens is 3. The third-order valence-corrected chi connectivity index (χ3v) is 3.97. The van der Waals surface area contributed by atoms with Crippen molar-refractivity contribution in [1.82, 2.24) is 14.8 Å². The molecule has 0 saturated heterocycles. The van der Waals surface area contributed by atoms with Crippen LogP contribution in [0.5, 0.6) is 0 Å². The Morgan fingerprint density at radius 1 is 1.33 bits per heavy atom. The third kappa shape index (κ3) is 4.23. The first kappa shape index (κ1) is 13.2. The van der Waals surface area contributed by atoms with Gasteiger partial charge in [-0.05, 0) is 11.8 Å². The SMILES string of the molecule is CC(C)Cn1ncnc1CC(CBr)CBr. The molecular weight excluding hydrogens is 322 g/mol. The Morgan fingerprint density at radius 3 is 2.53 bits per heavy atom. The van der Waals surface area contributed by atoms with Gasteiger partial charge in [0, 0.05) is 23.6 Å². The zero-order valence-electron chi connectivity index (χ0n) is 9.16. The molecule has 0 amide bonds. The summed E-state index contributed by atoms with van der Waals surface area (Å²) in [7, 11) is 0. The molecule has 5 heteroatoms. The Morgan fingerprint density at radius 2 is 2.00 bits per heavy atom. The highest BCUT2D eigenvalue weighted by atomic mass is 79.9. The zero-order chi connectivity index (χ0) is 11.3. The molecule has 1 aromatic rings. The molecule has 0 spiro atoms. The topological polar surface area (TPSA) is 30.7 Å². The molecule has 0 bridgehead atoms. The summed E-state index contributed by atoms with van der Waals surface area (Å²) in [5, 5.41) is 6.24. The fourth-order valence-electron chi connectivity index (χ4n) is 1.35. The molecule has 1 heterocycles. The van der Waals surface area contributed by atoms with E-state index < -0.39 is 0 Å². The minimum atomic E-state index is 0.583. The molecule has 0 saturated carbocycles. The van der Waals surface area contributed by atoms with Crippen molar-refractivity contribution in [1.29, 1.82) is 0 Å². The van der Waals surface area contributed by atoms with Gasteiger partial charge in [0.05, 0.1) is 0 Å². The van der Waals surface area contributed by atoms with Crippen LogP contribution >= 0.6 is 31.9 Å². The van der Waals surface area contributed by atoms with Gasteiger partial charge < -0.3 is 0 Å². The number of halogens is 2. The van der Waals surface area contributed by atoms with Crippen molar-refractivity contribution in [2.75, 3.05) is 10.7 Å². The highest BCUT2D eigenvalue weighted by Gasteiger charge is 2.12. The van der Waals surface area contributed by atoms with E-state index in [2.05, 4.69) is 55.8 Å². The molecule has 0 atom stereocenters. The molecule has 0 N–H and O–H groups in total. The zero-order valence-corrected chi connectivity index (χ0v) is 12.3. The van der Waals surface area contributed by atoms with Crippen molar-refractivity contribution in [3.63, 3.8) is 0 Å².